The standard InChI is InChI=1S/C24H30N4O6S2/c1-5-6-15-28(4)36(32,33)21-13-9-19(10-14-21)23(29)25-24-27-26-22(34-24)16-18-7-11-20(12-8-18)35(30,31)17(2)3/h7-14,17H,5-6,15-16H2,1-4H3,(H,25,27,29). The molecule has 0 aliphatic rings. The molecule has 12 heteroatoms. The second kappa shape index (κ2) is 11.3. The van der Waals surface area contributed by atoms with Gasteiger partial charge in [0.25, 0.3) is 5.91 Å². The molecule has 3 aromatic rings. The van der Waals surface area contributed by atoms with Crippen LogP contribution in [0.2, 0.25) is 0 Å². The van der Waals surface area contributed by atoms with Crippen LogP contribution in [0.25, 0.3) is 0 Å². The average molecular weight is 535 g/mol. The summed E-state index contributed by atoms with van der Waals surface area (Å²) in [6, 6.07) is 11.9. The van der Waals surface area contributed by atoms with Gasteiger partial charge >= 0.3 is 6.01 Å². The van der Waals surface area contributed by atoms with E-state index < -0.39 is 31.0 Å². The fraction of sp³-hybridized carbons (Fsp3) is 0.375. The first kappa shape index (κ1) is 27.5. The largest absolute Gasteiger partial charge is 0.407 e. The Labute approximate surface area is 211 Å². The Morgan fingerprint density at radius 1 is 0.972 bits per heavy atom. The van der Waals surface area contributed by atoms with Crippen molar-refractivity contribution >= 4 is 31.8 Å². The Hall–Kier alpha value is -3.09. The number of hydrogen-bond acceptors (Lipinski definition) is 8. The molecule has 194 valence electrons. The molecule has 0 aliphatic carbocycles. The Balaban J connectivity index is 1.63. The highest BCUT2D eigenvalue weighted by atomic mass is 32.2. The zero-order chi connectivity index (χ0) is 26.5. The van der Waals surface area contributed by atoms with Gasteiger partial charge in [-0.1, -0.05) is 30.6 Å². The molecule has 0 saturated heterocycles. The minimum absolute atomic E-state index is 0.102. The van der Waals surface area contributed by atoms with E-state index in [-0.39, 0.29) is 33.7 Å². The number of anilines is 1. The van der Waals surface area contributed by atoms with E-state index in [2.05, 4.69) is 15.5 Å². The lowest BCUT2D eigenvalue weighted by atomic mass is 10.1. The van der Waals surface area contributed by atoms with E-state index in [1.54, 1.807) is 26.0 Å². The first-order valence-corrected chi connectivity index (χ1v) is 14.5. The van der Waals surface area contributed by atoms with E-state index in [9.17, 15) is 21.6 Å². The smallest absolute Gasteiger partial charge is 0.322 e. The summed E-state index contributed by atoms with van der Waals surface area (Å²) in [5.41, 5.74) is 0.992. The van der Waals surface area contributed by atoms with Gasteiger partial charge in [-0.25, -0.2) is 21.1 Å². The van der Waals surface area contributed by atoms with E-state index in [1.807, 2.05) is 6.92 Å². The number of sulfone groups is 1. The summed E-state index contributed by atoms with van der Waals surface area (Å²) < 4.78 is 56.5. The SMILES string of the molecule is CCCCN(C)S(=O)(=O)c1ccc(C(=O)Nc2nnc(Cc3ccc(S(=O)(=O)C(C)C)cc3)o2)cc1. The first-order valence-electron chi connectivity index (χ1n) is 11.5. The van der Waals surface area contributed by atoms with Crippen LogP contribution in [0, 0.1) is 0 Å². The van der Waals surface area contributed by atoms with Gasteiger partial charge in [0, 0.05) is 19.2 Å². The van der Waals surface area contributed by atoms with Crippen molar-refractivity contribution in [1.82, 2.24) is 14.5 Å². The zero-order valence-electron chi connectivity index (χ0n) is 20.6. The molecular formula is C24H30N4O6S2. The van der Waals surface area contributed by atoms with Crippen LogP contribution in [-0.4, -0.2) is 56.1 Å². The van der Waals surface area contributed by atoms with Gasteiger partial charge in [0.05, 0.1) is 21.5 Å². The molecule has 1 heterocycles. The third-order valence-electron chi connectivity index (χ3n) is 5.57. The molecule has 3 rings (SSSR count). The number of nitrogens with one attached hydrogen (secondary N) is 1. The highest BCUT2D eigenvalue weighted by Gasteiger charge is 2.21. The van der Waals surface area contributed by atoms with Crippen molar-refractivity contribution < 1.29 is 26.0 Å². The number of aromatic nitrogens is 2. The number of amides is 1. The Kier molecular flexibility index (Phi) is 8.64. The third kappa shape index (κ3) is 6.37. The molecule has 0 radical (unpaired) electrons. The van der Waals surface area contributed by atoms with E-state index in [4.69, 9.17) is 4.42 Å². The average Bonchev–Trinajstić information content (AvgIpc) is 3.29. The molecule has 0 aliphatic heterocycles. The van der Waals surface area contributed by atoms with Crippen molar-refractivity contribution in [2.75, 3.05) is 18.9 Å². The van der Waals surface area contributed by atoms with Gasteiger partial charge in [-0.3, -0.25) is 10.1 Å². The molecule has 0 fully saturated rings. The molecule has 36 heavy (non-hydrogen) atoms. The summed E-state index contributed by atoms with van der Waals surface area (Å²) in [6.07, 6.45) is 1.89. The number of unbranched alkanes of at least 4 members (excludes halogenated alkanes) is 1. The van der Waals surface area contributed by atoms with E-state index in [1.165, 1.54) is 47.8 Å². The van der Waals surface area contributed by atoms with Gasteiger partial charge in [-0.05, 0) is 62.2 Å². The molecule has 0 bridgehead atoms. The number of carbonyl (C=O) groups excluding carboxylic acids is 1. The van der Waals surface area contributed by atoms with Gasteiger partial charge in [0.2, 0.25) is 15.9 Å². The Bertz CT molecular complexity index is 1400. The van der Waals surface area contributed by atoms with Crippen LogP contribution in [-0.2, 0) is 26.3 Å². The molecule has 0 atom stereocenters. The van der Waals surface area contributed by atoms with Gasteiger partial charge in [0.15, 0.2) is 9.84 Å². The van der Waals surface area contributed by atoms with Crippen LogP contribution in [0.4, 0.5) is 6.01 Å². The topological polar surface area (TPSA) is 140 Å². The van der Waals surface area contributed by atoms with Crippen LogP contribution in [0.3, 0.4) is 0 Å². The molecule has 1 N–H and O–H groups in total. The fourth-order valence-electron chi connectivity index (χ4n) is 3.25. The molecule has 1 amide bonds. The Morgan fingerprint density at radius 3 is 2.17 bits per heavy atom. The number of nitrogens with zero attached hydrogens (tertiary/aromatic N) is 3. The van der Waals surface area contributed by atoms with Crippen molar-refractivity contribution in [1.29, 1.82) is 0 Å². The second-order valence-corrected chi connectivity index (χ2v) is 13.1. The highest BCUT2D eigenvalue weighted by molar-refractivity contribution is 7.92. The summed E-state index contributed by atoms with van der Waals surface area (Å²) in [7, 11) is -5.45. The van der Waals surface area contributed by atoms with Crippen molar-refractivity contribution in [3.63, 3.8) is 0 Å². The van der Waals surface area contributed by atoms with Gasteiger partial charge in [-0.15, -0.1) is 5.10 Å². The molecule has 2 aromatic carbocycles. The fourth-order valence-corrected chi connectivity index (χ4v) is 5.52. The minimum Gasteiger partial charge on any atom is -0.407 e. The van der Waals surface area contributed by atoms with Gasteiger partial charge < -0.3 is 4.42 Å². The predicted molar refractivity (Wildman–Crippen MR) is 135 cm³/mol. The second-order valence-electron chi connectivity index (χ2n) is 8.57. The monoisotopic (exact) mass is 534 g/mol. The summed E-state index contributed by atoms with van der Waals surface area (Å²) in [4.78, 5) is 12.9. The zero-order valence-corrected chi connectivity index (χ0v) is 22.3. The molecule has 0 unspecified atom stereocenters. The summed E-state index contributed by atoms with van der Waals surface area (Å²) >= 11 is 0. The maximum atomic E-state index is 12.6. The molecular weight excluding hydrogens is 504 g/mol. The minimum atomic E-state index is -3.63. The maximum Gasteiger partial charge on any atom is 0.322 e. The first-order chi connectivity index (χ1) is 16.9. The normalized spacial score (nSPS) is 12.3. The van der Waals surface area contributed by atoms with Gasteiger partial charge in [-0.2, -0.15) is 0 Å². The third-order valence-corrected chi connectivity index (χ3v) is 9.61. The van der Waals surface area contributed by atoms with E-state index in [0.717, 1.165) is 18.4 Å². The summed E-state index contributed by atoms with van der Waals surface area (Å²) in [5.74, 6) is -0.293. The maximum absolute atomic E-state index is 12.6. The van der Waals surface area contributed by atoms with Crippen LogP contribution in [0.1, 0.15) is 55.4 Å². The lowest BCUT2D eigenvalue weighted by Crippen LogP contribution is -2.28. The number of benzene rings is 2. The lowest BCUT2D eigenvalue weighted by Gasteiger charge is -2.16. The van der Waals surface area contributed by atoms with E-state index in [0.29, 0.717) is 6.54 Å². The van der Waals surface area contributed by atoms with Gasteiger partial charge in [0.1, 0.15) is 0 Å². The molecule has 0 spiro atoms. The van der Waals surface area contributed by atoms with Crippen LogP contribution >= 0.6 is 0 Å². The van der Waals surface area contributed by atoms with Crippen molar-refractivity contribution in [2.45, 2.75) is 55.1 Å². The summed E-state index contributed by atoms with van der Waals surface area (Å²) in [6.45, 7) is 5.66. The lowest BCUT2D eigenvalue weighted by molar-refractivity contribution is 0.102. The Morgan fingerprint density at radius 2 is 1.58 bits per heavy atom. The van der Waals surface area contributed by atoms with Crippen LogP contribution in [0.15, 0.2) is 62.7 Å². The van der Waals surface area contributed by atoms with E-state index >= 15 is 0 Å². The van der Waals surface area contributed by atoms with Crippen LogP contribution < -0.4 is 5.32 Å². The summed E-state index contributed by atoms with van der Waals surface area (Å²) in [5, 5.41) is 9.71. The van der Waals surface area contributed by atoms with Crippen molar-refractivity contribution in [3.8, 4) is 0 Å². The van der Waals surface area contributed by atoms with Crippen molar-refractivity contribution in [2.24, 2.45) is 0 Å². The highest BCUT2D eigenvalue weighted by Crippen LogP contribution is 2.19. The number of sulfonamides is 1. The molecule has 10 nitrogen and oxygen atoms in total. The van der Waals surface area contributed by atoms with Crippen molar-refractivity contribution in [3.05, 3.63) is 65.5 Å². The quantitative estimate of drug-likeness (QED) is 0.394. The van der Waals surface area contributed by atoms with Crippen LogP contribution in [0.5, 0.6) is 0 Å². The number of hydrogen-bond donors (Lipinski definition) is 1. The molecule has 0 saturated carbocycles. The molecule has 1 aromatic heterocycles. The number of rotatable bonds is 11. The predicted octanol–water partition coefficient (Wildman–Crippen LogP) is 3.52. The number of carbonyl (C=O) groups is 1.